The highest BCUT2D eigenvalue weighted by atomic mass is 16.6. The molecule has 0 saturated heterocycles. The minimum absolute atomic E-state index is 0.109. The van der Waals surface area contributed by atoms with Crippen LogP contribution in [0, 0.1) is 5.41 Å². The Morgan fingerprint density at radius 1 is 1.07 bits per heavy atom. The molecule has 0 aliphatic rings. The Bertz CT molecular complexity index is 143. The third kappa shape index (κ3) is 6.91. The Balaban J connectivity index is 3.63. The third-order valence-electron chi connectivity index (χ3n) is 2.92. The first-order chi connectivity index (χ1) is 7.04. The van der Waals surface area contributed by atoms with Crippen LogP contribution in [-0.4, -0.2) is 18.0 Å². The molecule has 0 bridgehead atoms. The standard InChI is InChI=1S/C13H28O2/c1-5-7-8-9-10-11-13(3,4)12(14)15-6-2/h12,14H,5-11H2,1-4H3. The van der Waals surface area contributed by atoms with Gasteiger partial charge < -0.3 is 9.84 Å². The molecule has 0 saturated carbocycles. The first kappa shape index (κ1) is 14.9. The molecule has 0 radical (unpaired) electrons. The van der Waals surface area contributed by atoms with Gasteiger partial charge in [0.15, 0.2) is 6.29 Å². The van der Waals surface area contributed by atoms with Crippen LogP contribution in [-0.2, 0) is 4.74 Å². The van der Waals surface area contributed by atoms with Crippen molar-refractivity contribution in [2.75, 3.05) is 6.61 Å². The maximum absolute atomic E-state index is 9.76. The average molecular weight is 216 g/mol. The van der Waals surface area contributed by atoms with Crippen LogP contribution in [0.3, 0.4) is 0 Å². The first-order valence-electron chi connectivity index (χ1n) is 6.34. The van der Waals surface area contributed by atoms with Crippen molar-refractivity contribution in [1.29, 1.82) is 0 Å². The zero-order valence-corrected chi connectivity index (χ0v) is 10.9. The number of unbranched alkanes of at least 4 members (excludes halogenated alkanes) is 4. The molecule has 2 heteroatoms. The molecular weight excluding hydrogens is 188 g/mol. The SMILES string of the molecule is CCCCCCCC(C)(C)C(O)OCC. The second kappa shape index (κ2) is 8.12. The van der Waals surface area contributed by atoms with Crippen molar-refractivity contribution in [2.45, 2.75) is 72.5 Å². The van der Waals surface area contributed by atoms with Crippen molar-refractivity contribution >= 4 is 0 Å². The van der Waals surface area contributed by atoms with E-state index in [0.29, 0.717) is 6.61 Å². The maximum Gasteiger partial charge on any atom is 0.159 e. The predicted molar refractivity (Wildman–Crippen MR) is 64.8 cm³/mol. The summed E-state index contributed by atoms with van der Waals surface area (Å²) in [5.74, 6) is 0. The molecule has 2 nitrogen and oxygen atoms in total. The highest BCUT2D eigenvalue weighted by Gasteiger charge is 2.27. The van der Waals surface area contributed by atoms with Gasteiger partial charge >= 0.3 is 0 Å². The Labute approximate surface area is 95.0 Å². The van der Waals surface area contributed by atoms with Gasteiger partial charge in [0, 0.05) is 12.0 Å². The van der Waals surface area contributed by atoms with Crippen LogP contribution in [0.4, 0.5) is 0 Å². The van der Waals surface area contributed by atoms with E-state index in [2.05, 4.69) is 20.8 Å². The quantitative estimate of drug-likeness (QED) is 0.470. The largest absolute Gasteiger partial charge is 0.368 e. The molecule has 1 unspecified atom stereocenters. The number of hydrogen-bond acceptors (Lipinski definition) is 2. The van der Waals surface area contributed by atoms with Crippen molar-refractivity contribution in [2.24, 2.45) is 5.41 Å². The molecule has 92 valence electrons. The summed E-state index contributed by atoms with van der Waals surface area (Å²) in [5.41, 5.74) is -0.109. The summed E-state index contributed by atoms with van der Waals surface area (Å²) < 4.78 is 5.24. The van der Waals surface area contributed by atoms with Crippen LogP contribution in [0.1, 0.15) is 66.2 Å². The fourth-order valence-electron chi connectivity index (χ4n) is 1.69. The van der Waals surface area contributed by atoms with Gasteiger partial charge in [-0.3, -0.25) is 0 Å². The van der Waals surface area contributed by atoms with Gasteiger partial charge in [-0.2, -0.15) is 0 Å². The van der Waals surface area contributed by atoms with Gasteiger partial charge in [0.25, 0.3) is 0 Å². The van der Waals surface area contributed by atoms with Crippen LogP contribution < -0.4 is 0 Å². The second-order valence-electron chi connectivity index (χ2n) is 4.96. The minimum Gasteiger partial charge on any atom is -0.368 e. The number of hydrogen-bond donors (Lipinski definition) is 1. The van der Waals surface area contributed by atoms with Crippen LogP contribution >= 0.6 is 0 Å². The van der Waals surface area contributed by atoms with Gasteiger partial charge in [-0.05, 0) is 13.3 Å². The molecule has 1 atom stereocenters. The molecule has 0 amide bonds. The zero-order chi connectivity index (χ0) is 11.7. The van der Waals surface area contributed by atoms with Crippen molar-refractivity contribution in [3.63, 3.8) is 0 Å². The Morgan fingerprint density at radius 2 is 1.67 bits per heavy atom. The summed E-state index contributed by atoms with van der Waals surface area (Å²) in [6.07, 6.45) is 6.82. The number of aliphatic hydroxyl groups excluding tert-OH is 1. The Hall–Kier alpha value is -0.0800. The van der Waals surface area contributed by atoms with Crippen molar-refractivity contribution in [3.8, 4) is 0 Å². The van der Waals surface area contributed by atoms with E-state index in [9.17, 15) is 5.11 Å². The van der Waals surface area contributed by atoms with Crippen LogP contribution in [0.2, 0.25) is 0 Å². The van der Waals surface area contributed by atoms with E-state index >= 15 is 0 Å². The molecule has 0 aliphatic carbocycles. The van der Waals surface area contributed by atoms with E-state index < -0.39 is 6.29 Å². The van der Waals surface area contributed by atoms with E-state index in [1.807, 2.05) is 6.92 Å². The lowest BCUT2D eigenvalue weighted by Gasteiger charge is -2.30. The average Bonchev–Trinajstić information content (AvgIpc) is 2.18. The number of aliphatic hydroxyl groups is 1. The topological polar surface area (TPSA) is 29.5 Å². The monoisotopic (exact) mass is 216 g/mol. The summed E-state index contributed by atoms with van der Waals surface area (Å²) in [6.45, 7) is 8.88. The lowest BCUT2D eigenvalue weighted by Crippen LogP contribution is -2.31. The van der Waals surface area contributed by atoms with Gasteiger partial charge in [-0.1, -0.05) is 52.9 Å². The van der Waals surface area contributed by atoms with Crippen molar-refractivity contribution in [1.82, 2.24) is 0 Å². The molecule has 0 spiro atoms. The summed E-state index contributed by atoms with van der Waals surface area (Å²) in [4.78, 5) is 0. The Morgan fingerprint density at radius 3 is 2.20 bits per heavy atom. The highest BCUT2D eigenvalue weighted by molar-refractivity contribution is 4.71. The fourth-order valence-corrected chi connectivity index (χ4v) is 1.69. The summed E-state index contributed by atoms with van der Waals surface area (Å²) >= 11 is 0. The first-order valence-corrected chi connectivity index (χ1v) is 6.34. The van der Waals surface area contributed by atoms with E-state index in [1.54, 1.807) is 0 Å². The maximum atomic E-state index is 9.76. The summed E-state index contributed by atoms with van der Waals surface area (Å²) in [6, 6.07) is 0. The second-order valence-corrected chi connectivity index (χ2v) is 4.96. The molecule has 0 aromatic heterocycles. The molecule has 0 aromatic carbocycles. The molecule has 0 rings (SSSR count). The fraction of sp³-hybridized carbons (Fsp3) is 1.00. The smallest absolute Gasteiger partial charge is 0.159 e. The lowest BCUT2D eigenvalue weighted by atomic mass is 9.86. The molecule has 1 N–H and O–H groups in total. The molecular formula is C13H28O2. The number of ether oxygens (including phenoxy) is 1. The Kier molecular flexibility index (Phi) is 8.07. The lowest BCUT2D eigenvalue weighted by molar-refractivity contribution is -0.164. The van der Waals surface area contributed by atoms with Crippen molar-refractivity contribution < 1.29 is 9.84 Å². The van der Waals surface area contributed by atoms with Gasteiger partial charge in [0.1, 0.15) is 0 Å². The normalized spacial score (nSPS) is 14.2. The zero-order valence-electron chi connectivity index (χ0n) is 10.9. The van der Waals surface area contributed by atoms with E-state index in [0.717, 1.165) is 6.42 Å². The van der Waals surface area contributed by atoms with Crippen molar-refractivity contribution in [3.05, 3.63) is 0 Å². The summed E-state index contributed by atoms with van der Waals surface area (Å²) in [7, 11) is 0. The highest BCUT2D eigenvalue weighted by Crippen LogP contribution is 2.28. The molecule has 15 heavy (non-hydrogen) atoms. The van der Waals surface area contributed by atoms with E-state index in [4.69, 9.17) is 4.74 Å². The van der Waals surface area contributed by atoms with E-state index in [1.165, 1.54) is 32.1 Å². The van der Waals surface area contributed by atoms with Gasteiger partial charge in [0.05, 0.1) is 0 Å². The molecule has 0 aliphatic heterocycles. The van der Waals surface area contributed by atoms with E-state index in [-0.39, 0.29) is 5.41 Å². The molecule has 0 aromatic rings. The summed E-state index contributed by atoms with van der Waals surface area (Å²) in [5, 5.41) is 9.76. The third-order valence-corrected chi connectivity index (χ3v) is 2.92. The minimum atomic E-state index is -0.617. The molecule has 0 fully saturated rings. The van der Waals surface area contributed by atoms with Gasteiger partial charge in [-0.25, -0.2) is 0 Å². The van der Waals surface area contributed by atoms with Crippen LogP contribution in [0.15, 0.2) is 0 Å². The number of rotatable bonds is 9. The molecule has 0 heterocycles. The van der Waals surface area contributed by atoms with Gasteiger partial charge in [0.2, 0.25) is 0 Å². The van der Waals surface area contributed by atoms with Crippen LogP contribution in [0.5, 0.6) is 0 Å². The predicted octanol–water partition coefficient (Wildman–Crippen LogP) is 3.73. The van der Waals surface area contributed by atoms with Gasteiger partial charge in [-0.15, -0.1) is 0 Å². The van der Waals surface area contributed by atoms with Crippen LogP contribution in [0.25, 0.3) is 0 Å².